The van der Waals surface area contributed by atoms with Gasteiger partial charge < -0.3 is 11.5 Å². The van der Waals surface area contributed by atoms with Crippen LogP contribution in [0.2, 0.25) is 0 Å². The van der Waals surface area contributed by atoms with Crippen LogP contribution >= 0.6 is 21.6 Å². The van der Waals surface area contributed by atoms with Crippen molar-refractivity contribution >= 4 is 33.0 Å². The largest absolute Gasteiger partial charge is 0.399 e. The lowest BCUT2D eigenvalue weighted by atomic mass is 10.1. The van der Waals surface area contributed by atoms with Crippen molar-refractivity contribution in [3.63, 3.8) is 0 Å². The van der Waals surface area contributed by atoms with Gasteiger partial charge in [-0.15, -0.1) is 0 Å². The van der Waals surface area contributed by atoms with E-state index in [1.807, 2.05) is 39.8 Å². The number of benzene rings is 1. The van der Waals surface area contributed by atoms with Crippen molar-refractivity contribution in [3.8, 4) is 0 Å². The molecule has 0 aliphatic carbocycles. The standard InChI is InChI=1S/C8H10N2S2/c1-8(11-12-8)6-3-2-5(9)4-7(6)10/h2-4H,9-10H2,1H3. The molecule has 64 valence electrons. The van der Waals surface area contributed by atoms with Crippen LogP contribution in [0.4, 0.5) is 11.4 Å². The number of hydrogen-bond acceptors (Lipinski definition) is 4. The van der Waals surface area contributed by atoms with Gasteiger partial charge in [-0.3, -0.25) is 0 Å². The van der Waals surface area contributed by atoms with Crippen LogP contribution < -0.4 is 11.5 Å². The van der Waals surface area contributed by atoms with E-state index in [1.54, 1.807) is 0 Å². The quantitative estimate of drug-likeness (QED) is 0.413. The third-order valence-corrected chi connectivity index (χ3v) is 5.00. The molecule has 0 radical (unpaired) electrons. The van der Waals surface area contributed by atoms with E-state index in [4.69, 9.17) is 11.5 Å². The molecule has 1 saturated heterocycles. The number of rotatable bonds is 1. The maximum Gasteiger partial charge on any atom is 0.106 e. The fourth-order valence-electron chi connectivity index (χ4n) is 1.15. The molecular weight excluding hydrogens is 188 g/mol. The van der Waals surface area contributed by atoms with Gasteiger partial charge in [-0.1, -0.05) is 27.7 Å². The highest BCUT2D eigenvalue weighted by atomic mass is 33.2. The molecule has 1 aliphatic rings. The maximum absolute atomic E-state index is 5.84. The summed E-state index contributed by atoms with van der Waals surface area (Å²) in [5, 5.41) is 0. The van der Waals surface area contributed by atoms with Crippen LogP contribution in [-0.4, -0.2) is 0 Å². The van der Waals surface area contributed by atoms with Crippen molar-refractivity contribution < 1.29 is 0 Å². The van der Waals surface area contributed by atoms with Gasteiger partial charge in [0.05, 0.1) is 0 Å². The van der Waals surface area contributed by atoms with Crippen molar-refractivity contribution in [2.45, 2.75) is 11.0 Å². The van der Waals surface area contributed by atoms with Crippen LogP contribution in [0, 0.1) is 0 Å². The lowest BCUT2D eigenvalue weighted by Crippen LogP contribution is -2.02. The third kappa shape index (κ3) is 1.25. The monoisotopic (exact) mass is 198 g/mol. The average Bonchev–Trinajstić information content (AvgIpc) is 2.68. The lowest BCUT2D eigenvalue weighted by Gasteiger charge is -2.09. The minimum Gasteiger partial charge on any atom is -0.399 e. The normalized spacial score (nSPS) is 19.1. The molecule has 1 fully saturated rings. The molecule has 4 heteroatoms. The fourth-order valence-corrected chi connectivity index (χ4v) is 2.74. The molecule has 2 rings (SSSR count). The van der Waals surface area contributed by atoms with Crippen molar-refractivity contribution in [1.82, 2.24) is 0 Å². The van der Waals surface area contributed by atoms with E-state index in [9.17, 15) is 0 Å². The average molecular weight is 198 g/mol. The van der Waals surface area contributed by atoms with E-state index in [-0.39, 0.29) is 4.08 Å². The van der Waals surface area contributed by atoms with Gasteiger partial charge in [0.25, 0.3) is 0 Å². The highest BCUT2D eigenvalue weighted by Gasteiger charge is 2.43. The van der Waals surface area contributed by atoms with Gasteiger partial charge in [-0.2, -0.15) is 0 Å². The lowest BCUT2D eigenvalue weighted by molar-refractivity contribution is 1.06. The van der Waals surface area contributed by atoms with Crippen LogP contribution in [0.25, 0.3) is 0 Å². The minimum atomic E-state index is 0.178. The molecule has 1 heterocycles. The van der Waals surface area contributed by atoms with Gasteiger partial charge in [0.2, 0.25) is 0 Å². The Morgan fingerprint density at radius 3 is 2.42 bits per heavy atom. The SMILES string of the molecule is CC1(c2ccc(N)cc2N)SS1. The van der Waals surface area contributed by atoms with Crippen LogP contribution in [-0.2, 0) is 4.08 Å². The van der Waals surface area contributed by atoms with Gasteiger partial charge in [0.15, 0.2) is 0 Å². The van der Waals surface area contributed by atoms with E-state index in [2.05, 4.69) is 6.92 Å². The summed E-state index contributed by atoms with van der Waals surface area (Å²) in [4.78, 5) is 0. The Labute approximate surface area is 79.5 Å². The zero-order valence-electron chi connectivity index (χ0n) is 6.70. The maximum atomic E-state index is 5.84. The van der Waals surface area contributed by atoms with Crippen LogP contribution in [0.15, 0.2) is 18.2 Å². The Bertz CT molecular complexity index is 321. The van der Waals surface area contributed by atoms with E-state index in [1.165, 1.54) is 5.56 Å². The topological polar surface area (TPSA) is 52.0 Å². The summed E-state index contributed by atoms with van der Waals surface area (Å²) >= 11 is 0. The number of anilines is 2. The highest BCUT2D eigenvalue weighted by molar-refractivity contribution is 8.92. The van der Waals surface area contributed by atoms with Crippen LogP contribution in [0.1, 0.15) is 12.5 Å². The summed E-state index contributed by atoms with van der Waals surface area (Å²) < 4.78 is 0.178. The number of nitrogen functional groups attached to an aromatic ring is 2. The Morgan fingerprint density at radius 1 is 1.25 bits per heavy atom. The summed E-state index contributed by atoms with van der Waals surface area (Å²) in [7, 11) is 3.68. The molecule has 0 unspecified atom stereocenters. The Kier molecular flexibility index (Phi) is 1.70. The molecule has 2 nitrogen and oxygen atoms in total. The molecular formula is C8H10N2S2. The first kappa shape index (κ1) is 8.13. The van der Waals surface area contributed by atoms with Gasteiger partial charge >= 0.3 is 0 Å². The zero-order chi connectivity index (χ0) is 8.77. The van der Waals surface area contributed by atoms with Gasteiger partial charge in [0, 0.05) is 16.9 Å². The minimum absolute atomic E-state index is 0.178. The van der Waals surface area contributed by atoms with Gasteiger partial charge in [-0.05, 0) is 19.1 Å². The Morgan fingerprint density at radius 2 is 1.92 bits per heavy atom. The summed E-state index contributed by atoms with van der Waals surface area (Å²) in [6.07, 6.45) is 0. The number of hydrogen-bond donors (Lipinski definition) is 2. The second kappa shape index (κ2) is 2.50. The molecule has 0 atom stereocenters. The Balaban J connectivity index is 2.45. The number of nitrogens with two attached hydrogens (primary N) is 2. The van der Waals surface area contributed by atoms with E-state index in [0.717, 1.165) is 11.4 Å². The molecule has 0 amide bonds. The van der Waals surface area contributed by atoms with Crippen LogP contribution in [0.3, 0.4) is 0 Å². The molecule has 1 aromatic carbocycles. The van der Waals surface area contributed by atoms with E-state index < -0.39 is 0 Å². The molecule has 1 aliphatic heterocycles. The molecule has 0 spiro atoms. The second-order valence-corrected chi connectivity index (χ2v) is 6.18. The summed E-state index contributed by atoms with van der Waals surface area (Å²) in [5.41, 5.74) is 14.2. The second-order valence-electron chi connectivity index (χ2n) is 2.96. The first-order valence-electron chi connectivity index (χ1n) is 3.64. The predicted octanol–water partition coefficient (Wildman–Crippen LogP) is 2.42. The smallest absolute Gasteiger partial charge is 0.106 e. The van der Waals surface area contributed by atoms with Gasteiger partial charge in [-0.25, -0.2) is 0 Å². The van der Waals surface area contributed by atoms with Crippen LogP contribution in [0.5, 0.6) is 0 Å². The van der Waals surface area contributed by atoms with Crippen molar-refractivity contribution in [3.05, 3.63) is 23.8 Å². The van der Waals surface area contributed by atoms with Crippen molar-refractivity contribution in [1.29, 1.82) is 0 Å². The fraction of sp³-hybridized carbons (Fsp3) is 0.250. The molecule has 0 bridgehead atoms. The summed E-state index contributed by atoms with van der Waals surface area (Å²) in [6, 6.07) is 5.73. The highest BCUT2D eigenvalue weighted by Crippen LogP contribution is 2.71. The summed E-state index contributed by atoms with van der Waals surface area (Å²) in [5.74, 6) is 0. The molecule has 0 aromatic heterocycles. The molecule has 4 N–H and O–H groups in total. The van der Waals surface area contributed by atoms with E-state index in [0.29, 0.717) is 0 Å². The Hall–Kier alpha value is -0.480. The van der Waals surface area contributed by atoms with Crippen molar-refractivity contribution in [2.24, 2.45) is 0 Å². The first-order valence-corrected chi connectivity index (χ1v) is 5.79. The third-order valence-electron chi connectivity index (χ3n) is 1.90. The molecule has 0 saturated carbocycles. The zero-order valence-corrected chi connectivity index (χ0v) is 8.34. The molecule has 12 heavy (non-hydrogen) atoms. The first-order chi connectivity index (χ1) is 5.62. The van der Waals surface area contributed by atoms with E-state index >= 15 is 0 Å². The predicted molar refractivity (Wildman–Crippen MR) is 57.8 cm³/mol. The molecule has 1 aromatic rings. The van der Waals surface area contributed by atoms with Crippen molar-refractivity contribution in [2.75, 3.05) is 11.5 Å². The van der Waals surface area contributed by atoms with Gasteiger partial charge in [0.1, 0.15) is 4.08 Å². The summed E-state index contributed by atoms with van der Waals surface area (Å²) in [6.45, 7) is 2.17.